The fourth-order valence-electron chi connectivity index (χ4n) is 2.20. The number of hydrogen-bond acceptors (Lipinski definition) is 5. The first-order valence-corrected chi connectivity index (χ1v) is 9.49. The molecule has 0 aliphatic rings. The third-order valence-electron chi connectivity index (χ3n) is 3.65. The smallest absolute Gasteiger partial charge is 0.261 e. The number of carbonyl (C=O) groups is 1. The first-order chi connectivity index (χ1) is 12.3. The van der Waals surface area contributed by atoms with Gasteiger partial charge < -0.3 is 15.0 Å². The van der Waals surface area contributed by atoms with E-state index >= 15 is 0 Å². The van der Waals surface area contributed by atoms with Crippen LogP contribution in [0.5, 0.6) is 0 Å². The van der Waals surface area contributed by atoms with E-state index in [9.17, 15) is 13.2 Å². The summed E-state index contributed by atoms with van der Waals surface area (Å²) in [5, 5.41) is 2.68. The third kappa shape index (κ3) is 5.21. The molecule has 0 aliphatic carbocycles. The van der Waals surface area contributed by atoms with Crippen LogP contribution in [-0.2, 0) is 14.8 Å². The summed E-state index contributed by atoms with van der Waals surface area (Å²) in [5.74, 6) is -0.279. The highest BCUT2D eigenvalue weighted by atomic mass is 32.2. The van der Waals surface area contributed by atoms with Gasteiger partial charge in [-0.1, -0.05) is 0 Å². The highest BCUT2D eigenvalue weighted by molar-refractivity contribution is 7.92. The van der Waals surface area contributed by atoms with Gasteiger partial charge >= 0.3 is 0 Å². The Bertz CT molecular complexity index is 832. The van der Waals surface area contributed by atoms with Crippen LogP contribution in [0.3, 0.4) is 0 Å². The van der Waals surface area contributed by atoms with Gasteiger partial charge in [0.05, 0.1) is 11.5 Å². The number of carbonyl (C=O) groups excluding carboxylic acids is 1. The molecule has 140 valence electrons. The third-order valence-corrected chi connectivity index (χ3v) is 5.05. The summed E-state index contributed by atoms with van der Waals surface area (Å²) < 4.78 is 32.3. The second kappa shape index (κ2) is 8.68. The summed E-state index contributed by atoms with van der Waals surface area (Å²) in [6.07, 6.45) is 0. The average molecular weight is 377 g/mol. The van der Waals surface area contributed by atoms with E-state index in [1.54, 1.807) is 19.2 Å². The van der Waals surface area contributed by atoms with Crippen LogP contribution in [0.2, 0.25) is 0 Å². The van der Waals surface area contributed by atoms with Crippen molar-refractivity contribution >= 4 is 27.3 Å². The molecule has 2 rings (SSSR count). The van der Waals surface area contributed by atoms with Crippen molar-refractivity contribution in [1.82, 2.24) is 5.32 Å². The Morgan fingerprint density at radius 3 is 2.19 bits per heavy atom. The van der Waals surface area contributed by atoms with Crippen LogP contribution < -0.4 is 14.9 Å². The zero-order valence-electron chi connectivity index (χ0n) is 15.0. The van der Waals surface area contributed by atoms with Crippen LogP contribution in [0, 0.1) is 0 Å². The molecule has 0 spiro atoms. The van der Waals surface area contributed by atoms with Crippen molar-refractivity contribution < 1.29 is 17.9 Å². The van der Waals surface area contributed by atoms with E-state index in [1.165, 1.54) is 24.3 Å². The van der Waals surface area contributed by atoms with Crippen LogP contribution in [0.25, 0.3) is 0 Å². The summed E-state index contributed by atoms with van der Waals surface area (Å²) in [7, 11) is 1.64. The summed E-state index contributed by atoms with van der Waals surface area (Å²) in [5.41, 5.74) is 1.82. The van der Waals surface area contributed by atoms with E-state index in [0.717, 1.165) is 5.69 Å². The first kappa shape index (κ1) is 19.7. The minimum Gasteiger partial charge on any atom is -0.383 e. The van der Waals surface area contributed by atoms with Gasteiger partial charge in [-0.15, -0.1) is 0 Å². The Kier molecular flexibility index (Phi) is 6.59. The fourth-order valence-corrected chi connectivity index (χ4v) is 3.25. The molecule has 0 aromatic heterocycles. The molecule has 2 aromatic rings. The summed E-state index contributed by atoms with van der Waals surface area (Å²) in [6.45, 7) is 0.800. The van der Waals surface area contributed by atoms with Gasteiger partial charge in [-0.3, -0.25) is 9.52 Å². The highest BCUT2D eigenvalue weighted by Gasteiger charge is 2.15. The lowest BCUT2D eigenvalue weighted by atomic mass is 10.2. The molecule has 0 saturated heterocycles. The molecule has 0 radical (unpaired) electrons. The molecular formula is C18H23N3O4S. The van der Waals surface area contributed by atoms with Crippen molar-refractivity contribution in [3.8, 4) is 0 Å². The number of nitrogens with one attached hydrogen (secondary N) is 2. The zero-order valence-corrected chi connectivity index (χ0v) is 15.8. The normalized spacial score (nSPS) is 11.0. The summed E-state index contributed by atoms with van der Waals surface area (Å²) in [6, 6.07) is 12.8. The second-order valence-electron chi connectivity index (χ2n) is 5.82. The lowest BCUT2D eigenvalue weighted by Crippen LogP contribution is -2.26. The molecule has 0 atom stereocenters. The lowest BCUT2D eigenvalue weighted by molar-refractivity contribution is 0.0937. The number of ether oxygens (including phenoxy) is 1. The number of rotatable bonds is 8. The van der Waals surface area contributed by atoms with E-state index in [0.29, 0.717) is 24.4 Å². The van der Waals surface area contributed by atoms with Crippen molar-refractivity contribution in [2.45, 2.75) is 4.90 Å². The predicted octanol–water partition coefficient (Wildman–Crippen LogP) is 1.93. The SMILES string of the molecule is COCCNC(=O)c1ccc(S(=O)(=O)Nc2ccc(N(C)C)cc2)cc1. The number of nitrogens with zero attached hydrogens (tertiary/aromatic N) is 1. The first-order valence-electron chi connectivity index (χ1n) is 8.01. The second-order valence-corrected chi connectivity index (χ2v) is 7.50. The van der Waals surface area contributed by atoms with Crippen molar-refractivity contribution in [3.63, 3.8) is 0 Å². The topological polar surface area (TPSA) is 87.7 Å². The minimum atomic E-state index is -3.73. The Balaban J connectivity index is 2.07. The van der Waals surface area contributed by atoms with E-state index in [4.69, 9.17) is 4.74 Å². The summed E-state index contributed by atoms with van der Waals surface area (Å²) >= 11 is 0. The fraction of sp³-hybridized carbons (Fsp3) is 0.278. The zero-order chi connectivity index (χ0) is 19.2. The molecule has 2 N–H and O–H groups in total. The molecule has 0 unspecified atom stereocenters. The van der Waals surface area contributed by atoms with Crippen LogP contribution in [0.4, 0.5) is 11.4 Å². The van der Waals surface area contributed by atoms with Crippen LogP contribution >= 0.6 is 0 Å². The molecule has 8 heteroatoms. The van der Waals surface area contributed by atoms with E-state index < -0.39 is 10.0 Å². The van der Waals surface area contributed by atoms with Gasteiger partial charge in [0.1, 0.15) is 0 Å². The van der Waals surface area contributed by atoms with Gasteiger partial charge in [0.25, 0.3) is 15.9 Å². The monoisotopic (exact) mass is 377 g/mol. The Morgan fingerprint density at radius 1 is 1.04 bits per heavy atom. The van der Waals surface area contributed by atoms with Gasteiger partial charge in [-0.05, 0) is 48.5 Å². The van der Waals surface area contributed by atoms with E-state index in [1.807, 2.05) is 31.1 Å². The molecule has 0 saturated carbocycles. The molecule has 0 bridgehead atoms. The Labute approximate surface area is 154 Å². The number of anilines is 2. The van der Waals surface area contributed by atoms with Crippen molar-refractivity contribution in [2.24, 2.45) is 0 Å². The molecule has 0 fully saturated rings. The lowest BCUT2D eigenvalue weighted by Gasteiger charge is -2.13. The van der Waals surface area contributed by atoms with Crippen molar-refractivity contribution in [2.75, 3.05) is 44.0 Å². The average Bonchev–Trinajstić information content (AvgIpc) is 2.62. The molecule has 2 aromatic carbocycles. The molecule has 0 heterocycles. The standard InChI is InChI=1S/C18H23N3O4S/c1-21(2)16-8-6-15(7-9-16)20-26(23,24)17-10-4-14(5-11-17)18(22)19-12-13-25-3/h4-11,20H,12-13H2,1-3H3,(H,19,22). The Morgan fingerprint density at radius 2 is 1.65 bits per heavy atom. The van der Waals surface area contributed by atoms with Crippen molar-refractivity contribution in [1.29, 1.82) is 0 Å². The molecular weight excluding hydrogens is 354 g/mol. The molecule has 7 nitrogen and oxygen atoms in total. The Hall–Kier alpha value is -2.58. The van der Waals surface area contributed by atoms with Gasteiger partial charge in [-0.25, -0.2) is 8.42 Å². The number of sulfonamides is 1. The van der Waals surface area contributed by atoms with Gasteiger partial charge in [0, 0.05) is 44.7 Å². The maximum Gasteiger partial charge on any atom is 0.261 e. The van der Waals surface area contributed by atoms with Gasteiger partial charge in [-0.2, -0.15) is 0 Å². The van der Waals surface area contributed by atoms with E-state index in [-0.39, 0.29) is 10.8 Å². The number of amides is 1. The number of hydrogen-bond donors (Lipinski definition) is 2. The van der Waals surface area contributed by atoms with Crippen LogP contribution in [0.1, 0.15) is 10.4 Å². The van der Waals surface area contributed by atoms with Gasteiger partial charge in [0.2, 0.25) is 0 Å². The predicted molar refractivity (Wildman–Crippen MR) is 102 cm³/mol. The maximum atomic E-state index is 12.5. The molecule has 0 aliphatic heterocycles. The summed E-state index contributed by atoms with van der Waals surface area (Å²) in [4.78, 5) is 13.9. The largest absolute Gasteiger partial charge is 0.383 e. The highest BCUT2D eigenvalue weighted by Crippen LogP contribution is 2.19. The van der Waals surface area contributed by atoms with Crippen molar-refractivity contribution in [3.05, 3.63) is 54.1 Å². The van der Waals surface area contributed by atoms with Crippen LogP contribution in [-0.4, -0.2) is 48.7 Å². The minimum absolute atomic E-state index is 0.0858. The van der Waals surface area contributed by atoms with E-state index in [2.05, 4.69) is 10.0 Å². The molecule has 1 amide bonds. The number of benzene rings is 2. The molecule has 26 heavy (non-hydrogen) atoms. The quantitative estimate of drug-likeness (QED) is 0.687. The maximum absolute atomic E-state index is 12.5. The van der Waals surface area contributed by atoms with Crippen LogP contribution in [0.15, 0.2) is 53.4 Å². The number of methoxy groups -OCH3 is 1. The van der Waals surface area contributed by atoms with Gasteiger partial charge in [0.15, 0.2) is 0 Å².